The van der Waals surface area contributed by atoms with E-state index in [0.29, 0.717) is 0 Å². The number of ether oxygens (including phenoxy) is 1. The van der Waals surface area contributed by atoms with E-state index in [1.54, 1.807) is 0 Å². The molecule has 7 heteroatoms. The predicted octanol–water partition coefficient (Wildman–Crippen LogP) is 1.63. The first-order chi connectivity index (χ1) is 11.6. The van der Waals surface area contributed by atoms with Gasteiger partial charge in [-0.3, -0.25) is 4.68 Å². The van der Waals surface area contributed by atoms with Gasteiger partial charge in [0.05, 0.1) is 5.69 Å². The van der Waals surface area contributed by atoms with Crippen LogP contribution in [0.1, 0.15) is 29.6 Å². The van der Waals surface area contributed by atoms with Crippen molar-refractivity contribution >= 4 is 11.0 Å². The first-order valence-corrected chi connectivity index (χ1v) is 8.24. The Kier molecular flexibility index (Phi) is 3.82. The van der Waals surface area contributed by atoms with Crippen LogP contribution in [0.15, 0.2) is 24.7 Å². The molecule has 3 aromatic heterocycles. The average Bonchev–Trinajstić information content (AvgIpc) is 3.26. The minimum absolute atomic E-state index is 0.00168. The number of imidazole rings is 1. The molecule has 0 bridgehead atoms. The Labute approximate surface area is 140 Å². The number of pyridine rings is 1. The summed E-state index contributed by atoms with van der Waals surface area (Å²) in [6.45, 7) is 3.53. The molecule has 1 aliphatic heterocycles. The topological polar surface area (TPSA) is 69.8 Å². The second-order valence-electron chi connectivity index (χ2n) is 6.39. The lowest BCUT2D eigenvalue weighted by atomic mass is 10.1. The van der Waals surface area contributed by atoms with Gasteiger partial charge < -0.3 is 14.6 Å². The highest BCUT2D eigenvalue weighted by Gasteiger charge is 2.31. The van der Waals surface area contributed by atoms with Crippen molar-refractivity contribution in [3.8, 4) is 0 Å². The molecule has 0 aromatic carbocycles. The van der Waals surface area contributed by atoms with Crippen molar-refractivity contribution in [3.05, 3.63) is 41.7 Å². The van der Waals surface area contributed by atoms with E-state index in [4.69, 9.17) is 4.74 Å². The summed E-state index contributed by atoms with van der Waals surface area (Å²) in [5.41, 5.74) is 3.09. The number of aromatic nitrogens is 5. The highest BCUT2D eigenvalue weighted by atomic mass is 16.5. The SMILES string of the molecule is Cc1nn(C)c2ncc(CN[C@H]3CCO[C@@H]3c3nccn3C)cc12. The van der Waals surface area contributed by atoms with E-state index in [0.717, 1.165) is 47.7 Å². The van der Waals surface area contributed by atoms with Crippen LogP contribution >= 0.6 is 0 Å². The van der Waals surface area contributed by atoms with Crippen LogP contribution in [0, 0.1) is 6.92 Å². The van der Waals surface area contributed by atoms with Crippen LogP contribution in [-0.2, 0) is 25.4 Å². The van der Waals surface area contributed by atoms with Crippen molar-refractivity contribution in [2.45, 2.75) is 32.0 Å². The van der Waals surface area contributed by atoms with E-state index in [-0.39, 0.29) is 12.1 Å². The van der Waals surface area contributed by atoms with Crippen LogP contribution in [0.5, 0.6) is 0 Å². The summed E-state index contributed by atoms with van der Waals surface area (Å²) < 4.78 is 9.75. The molecule has 0 aliphatic carbocycles. The molecule has 126 valence electrons. The van der Waals surface area contributed by atoms with Crippen LogP contribution in [0.25, 0.3) is 11.0 Å². The molecule has 0 radical (unpaired) electrons. The maximum atomic E-state index is 5.90. The monoisotopic (exact) mass is 326 g/mol. The molecule has 7 nitrogen and oxygen atoms in total. The molecule has 1 fully saturated rings. The van der Waals surface area contributed by atoms with E-state index in [2.05, 4.69) is 26.4 Å². The summed E-state index contributed by atoms with van der Waals surface area (Å²) in [6.07, 6.45) is 6.68. The van der Waals surface area contributed by atoms with Gasteiger partial charge in [0.25, 0.3) is 0 Å². The molecule has 2 atom stereocenters. The van der Waals surface area contributed by atoms with Gasteiger partial charge in [-0.1, -0.05) is 0 Å². The second-order valence-corrected chi connectivity index (χ2v) is 6.39. The van der Waals surface area contributed by atoms with Gasteiger partial charge in [0.2, 0.25) is 0 Å². The number of nitrogens with one attached hydrogen (secondary N) is 1. The van der Waals surface area contributed by atoms with E-state index in [9.17, 15) is 0 Å². The first kappa shape index (κ1) is 15.3. The molecule has 3 aromatic rings. The number of aryl methyl sites for hydroxylation is 3. The van der Waals surface area contributed by atoms with Gasteiger partial charge in [0.1, 0.15) is 11.9 Å². The van der Waals surface area contributed by atoms with Crippen molar-refractivity contribution in [1.82, 2.24) is 29.6 Å². The Bertz CT molecular complexity index is 867. The molecule has 4 rings (SSSR count). The van der Waals surface area contributed by atoms with Gasteiger partial charge in [-0.05, 0) is 25.0 Å². The fourth-order valence-electron chi connectivity index (χ4n) is 3.40. The Morgan fingerprint density at radius 2 is 2.21 bits per heavy atom. The summed E-state index contributed by atoms with van der Waals surface area (Å²) in [4.78, 5) is 8.98. The molecule has 1 N–H and O–H groups in total. The Morgan fingerprint density at radius 3 is 3.00 bits per heavy atom. The summed E-state index contributed by atoms with van der Waals surface area (Å²) in [5, 5.41) is 9.15. The number of nitrogens with zero attached hydrogens (tertiary/aromatic N) is 5. The standard InChI is InChI=1S/C17H22N6O/c1-11-13-8-12(10-20-16(13)23(3)21-11)9-19-14-4-7-24-15(14)17-18-5-6-22(17)2/h5-6,8,10,14-15,19H,4,7,9H2,1-3H3/t14-,15-/m0/s1. The molecule has 0 amide bonds. The number of fused-ring (bicyclic) bond motifs is 1. The zero-order chi connectivity index (χ0) is 16.7. The fourth-order valence-corrected chi connectivity index (χ4v) is 3.40. The lowest BCUT2D eigenvalue weighted by molar-refractivity contribution is 0.0893. The number of hydrogen-bond acceptors (Lipinski definition) is 5. The predicted molar refractivity (Wildman–Crippen MR) is 90.4 cm³/mol. The maximum Gasteiger partial charge on any atom is 0.157 e. The minimum atomic E-state index is 0.00168. The van der Waals surface area contributed by atoms with Crippen molar-refractivity contribution in [3.63, 3.8) is 0 Å². The quantitative estimate of drug-likeness (QED) is 0.789. The molecule has 1 saturated heterocycles. The average molecular weight is 326 g/mol. The van der Waals surface area contributed by atoms with Crippen molar-refractivity contribution < 1.29 is 4.74 Å². The molecular weight excluding hydrogens is 304 g/mol. The van der Waals surface area contributed by atoms with Gasteiger partial charge in [0.15, 0.2) is 5.65 Å². The van der Waals surface area contributed by atoms with Crippen molar-refractivity contribution in [2.24, 2.45) is 14.1 Å². The van der Waals surface area contributed by atoms with E-state index < -0.39 is 0 Å². The van der Waals surface area contributed by atoms with Crippen molar-refractivity contribution in [2.75, 3.05) is 6.61 Å². The summed E-state index contributed by atoms with van der Waals surface area (Å²) in [5.74, 6) is 0.974. The van der Waals surface area contributed by atoms with Gasteiger partial charge >= 0.3 is 0 Å². The van der Waals surface area contributed by atoms with Gasteiger partial charge in [-0.2, -0.15) is 5.10 Å². The zero-order valence-electron chi connectivity index (χ0n) is 14.2. The molecule has 0 unspecified atom stereocenters. The third kappa shape index (κ3) is 2.59. The Balaban J connectivity index is 1.50. The fraction of sp³-hybridized carbons (Fsp3) is 0.471. The molecule has 24 heavy (non-hydrogen) atoms. The van der Waals surface area contributed by atoms with Gasteiger partial charge in [0, 0.05) is 57.3 Å². The van der Waals surface area contributed by atoms with Crippen LogP contribution in [-0.4, -0.2) is 37.0 Å². The smallest absolute Gasteiger partial charge is 0.157 e. The van der Waals surface area contributed by atoms with E-state index >= 15 is 0 Å². The zero-order valence-corrected chi connectivity index (χ0v) is 14.2. The molecule has 4 heterocycles. The highest BCUT2D eigenvalue weighted by molar-refractivity contribution is 5.78. The van der Waals surface area contributed by atoms with Gasteiger partial charge in [-0.25, -0.2) is 9.97 Å². The largest absolute Gasteiger partial charge is 0.369 e. The first-order valence-electron chi connectivity index (χ1n) is 8.24. The third-order valence-corrected chi connectivity index (χ3v) is 4.69. The lowest BCUT2D eigenvalue weighted by Gasteiger charge is -2.19. The second kappa shape index (κ2) is 5.99. The van der Waals surface area contributed by atoms with Crippen molar-refractivity contribution in [1.29, 1.82) is 0 Å². The summed E-state index contributed by atoms with van der Waals surface area (Å²) >= 11 is 0. The lowest BCUT2D eigenvalue weighted by Crippen LogP contribution is -2.32. The Hall–Kier alpha value is -2.25. The number of rotatable bonds is 4. The van der Waals surface area contributed by atoms with E-state index in [1.807, 2.05) is 48.9 Å². The van der Waals surface area contributed by atoms with Crippen LogP contribution in [0.4, 0.5) is 0 Å². The van der Waals surface area contributed by atoms with Crippen LogP contribution < -0.4 is 5.32 Å². The summed E-state index contributed by atoms with van der Waals surface area (Å²) in [6, 6.07) is 2.43. The Morgan fingerprint density at radius 1 is 1.33 bits per heavy atom. The number of hydrogen-bond donors (Lipinski definition) is 1. The maximum absolute atomic E-state index is 5.90. The van der Waals surface area contributed by atoms with E-state index in [1.165, 1.54) is 0 Å². The molecule has 0 saturated carbocycles. The molecule has 1 aliphatic rings. The summed E-state index contributed by atoms with van der Waals surface area (Å²) in [7, 11) is 3.93. The van der Waals surface area contributed by atoms with Crippen LogP contribution in [0.3, 0.4) is 0 Å². The molecular formula is C17H22N6O. The normalized spacial score (nSPS) is 21.0. The molecule has 0 spiro atoms. The minimum Gasteiger partial charge on any atom is -0.369 e. The van der Waals surface area contributed by atoms with Gasteiger partial charge in [-0.15, -0.1) is 0 Å². The third-order valence-electron chi connectivity index (χ3n) is 4.69. The van der Waals surface area contributed by atoms with Crippen LogP contribution in [0.2, 0.25) is 0 Å². The highest BCUT2D eigenvalue weighted by Crippen LogP contribution is 2.28.